The van der Waals surface area contributed by atoms with E-state index < -0.39 is 12.4 Å². The maximum Gasteiger partial charge on any atom is 0.0383 e. The van der Waals surface area contributed by atoms with E-state index in [2.05, 4.69) is 0 Å². The van der Waals surface area contributed by atoms with E-state index in [1.165, 1.54) is 0 Å². The van der Waals surface area contributed by atoms with E-state index in [-0.39, 0.29) is 0 Å². The third-order valence-electron chi connectivity index (χ3n) is 0. The van der Waals surface area contributed by atoms with Crippen molar-refractivity contribution in [1.29, 1.82) is 0 Å². The Morgan fingerprint density at radius 3 is 1.71 bits per heavy atom. The van der Waals surface area contributed by atoms with E-state index in [4.69, 9.17) is 19.8 Å². The van der Waals surface area contributed by atoms with Gasteiger partial charge in [0.15, 0.2) is 0 Å². The Bertz CT molecular complexity index is 54.0. The fourth-order valence-electron chi connectivity index (χ4n) is 0. The van der Waals surface area contributed by atoms with E-state index in [0.29, 0.717) is 0 Å². The highest BCUT2D eigenvalue weighted by atomic mass is 16.4. The molecule has 0 aromatic carbocycles. The van der Waals surface area contributed by atoms with Crippen LogP contribution in [0.25, 0.3) is 0 Å². The van der Waals surface area contributed by atoms with Crippen LogP contribution in [0.1, 0.15) is 6.92 Å². The number of hydrogen-bond donors (Lipinski definition) is 0. The highest BCUT2D eigenvalue weighted by Gasteiger charge is 1.46. The number of carbonyl (C=O) groups excluding carboxylic acids is 2. The Hall–Kier alpha value is -1.06. The monoisotopic (exact) mass is 104 g/mol. The summed E-state index contributed by atoms with van der Waals surface area (Å²) in [4.78, 5) is 17.1. The van der Waals surface area contributed by atoms with Crippen molar-refractivity contribution in [3.8, 4) is 0 Å². The number of carbonyl (C=O) groups is 2. The average Bonchev–Trinajstić information content (AvgIpc) is 1.33. The summed E-state index contributed by atoms with van der Waals surface area (Å²) in [7, 11) is 0. The van der Waals surface area contributed by atoms with Gasteiger partial charge in [-0.1, -0.05) is 0 Å². The minimum atomic E-state index is -1.08. The van der Waals surface area contributed by atoms with E-state index in [9.17, 15) is 0 Å². The topological polar surface area (TPSA) is 80.3 Å². The molecule has 0 atom stereocenters. The molecule has 4 heteroatoms. The lowest BCUT2D eigenvalue weighted by Gasteiger charge is -1.77. The lowest BCUT2D eigenvalue weighted by molar-refractivity contribution is -0.302. The van der Waals surface area contributed by atoms with Crippen LogP contribution in [-0.2, 0) is 9.59 Å². The first-order valence-electron chi connectivity index (χ1n) is 1.38. The first kappa shape index (κ1) is 9.34. The molecule has 4 nitrogen and oxygen atoms in total. The van der Waals surface area contributed by atoms with Gasteiger partial charge < -0.3 is 19.8 Å². The average molecular weight is 104 g/mol. The van der Waals surface area contributed by atoms with Crippen LogP contribution >= 0.6 is 0 Å². The van der Waals surface area contributed by atoms with Gasteiger partial charge in [0, 0.05) is 12.4 Å². The first-order valence-corrected chi connectivity index (χ1v) is 1.38. The van der Waals surface area contributed by atoms with Gasteiger partial charge in [-0.05, 0) is 6.92 Å². The fourth-order valence-corrected chi connectivity index (χ4v) is 0. The van der Waals surface area contributed by atoms with Crippen molar-refractivity contribution in [3.63, 3.8) is 0 Å². The molecule has 0 saturated heterocycles. The Morgan fingerprint density at radius 2 is 1.71 bits per heavy atom. The van der Waals surface area contributed by atoms with Gasteiger partial charge in [-0.3, -0.25) is 0 Å². The van der Waals surface area contributed by atoms with Gasteiger partial charge in [0.1, 0.15) is 0 Å². The minimum Gasteiger partial charge on any atom is -0.554 e. The highest BCUT2D eigenvalue weighted by Crippen LogP contribution is 1.31. The molecule has 0 aromatic heterocycles. The van der Waals surface area contributed by atoms with E-state index >= 15 is 0 Å². The predicted molar refractivity (Wildman–Crippen MR) is 16.7 cm³/mol. The quantitative estimate of drug-likeness (QED) is 0.309. The van der Waals surface area contributed by atoms with Gasteiger partial charge in [-0.25, -0.2) is 0 Å². The van der Waals surface area contributed by atoms with E-state index in [1.54, 1.807) is 0 Å². The maximum atomic E-state index is 8.89. The molecular weight excluding hydrogens is 100 g/mol. The summed E-state index contributed by atoms with van der Waals surface area (Å²) >= 11 is 0. The Balaban J connectivity index is 0. The molecule has 0 N–H and O–H groups in total. The first-order chi connectivity index (χ1) is 3.15. The molecule has 0 fully saturated rings. The van der Waals surface area contributed by atoms with Crippen LogP contribution in [0.3, 0.4) is 0 Å². The highest BCUT2D eigenvalue weighted by molar-refractivity contribution is 5.60. The van der Waals surface area contributed by atoms with Gasteiger partial charge in [-0.2, -0.15) is 0 Å². The second-order valence-corrected chi connectivity index (χ2v) is 0.588. The van der Waals surface area contributed by atoms with Gasteiger partial charge >= 0.3 is 0 Å². The Labute approximate surface area is 40.4 Å². The molecule has 0 aliphatic heterocycles. The minimum absolute atomic E-state index is 0.500. The molecule has 0 bridgehead atoms. The van der Waals surface area contributed by atoms with Crippen LogP contribution in [0.2, 0.25) is 0 Å². The second kappa shape index (κ2) is 8.87. The number of hydrogen-bond acceptors (Lipinski definition) is 4. The smallest absolute Gasteiger partial charge is 0.0383 e. The molecule has 0 radical (unpaired) electrons. The molecule has 0 rings (SSSR count). The fraction of sp³-hybridized carbons (Fsp3) is 0.333. The molecular formula is C3H4O4-2. The predicted octanol–water partition coefficient (Wildman–Crippen LogP) is -2.88. The summed E-state index contributed by atoms with van der Waals surface area (Å²) in [5.74, 6) is -1.08. The standard InChI is InChI=1S/C2H4O2.CH2O2/c1-2(3)4;2-1-3/h1H3,(H,3,4);1H,(H,2,3)/p-2. The number of carboxylic acid groups (broad SMARTS) is 2. The van der Waals surface area contributed by atoms with Crippen molar-refractivity contribution in [2.75, 3.05) is 0 Å². The summed E-state index contributed by atoms with van der Waals surface area (Å²) in [6.45, 7) is 0.472. The lowest BCUT2D eigenvalue weighted by Crippen LogP contribution is -2.16. The van der Waals surface area contributed by atoms with Crippen molar-refractivity contribution in [3.05, 3.63) is 0 Å². The molecule has 0 aromatic rings. The molecule has 0 saturated carbocycles. The molecule has 42 valence electrons. The van der Waals surface area contributed by atoms with Crippen molar-refractivity contribution in [2.45, 2.75) is 6.92 Å². The van der Waals surface area contributed by atoms with Crippen molar-refractivity contribution >= 4 is 12.4 Å². The van der Waals surface area contributed by atoms with Gasteiger partial charge in [0.25, 0.3) is 0 Å². The number of carboxylic acids is 1. The summed E-state index contributed by atoms with van der Waals surface area (Å²) in [6, 6.07) is 0. The van der Waals surface area contributed by atoms with Gasteiger partial charge in [0.05, 0.1) is 0 Å². The molecule has 0 heterocycles. The van der Waals surface area contributed by atoms with Crippen LogP contribution in [0.4, 0.5) is 0 Å². The van der Waals surface area contributed by atoms with Crippen LogP contribution in [0.15, 0.2) is 0 Å². The molecule has 0 unspecified atom stereocenters. The largest absolute Gasteiger partial charge is 0.554 e. The number of rotatable bonds is 0. The SMILES string of the molecule is CC(=O)[O-].O=C[O-]. The zero-order valence-corrected chi connectivity index (χ0v) is 3.71. The van der Waals surface area contributed by atoms with Crippen molar-refractivity contribution < 1.29 is 19.8 Å². The summed E-state index contributed by atoms with van der Waals surface area (Å²) in [5, 5.41) is 17.1. The normalized spacial score (nSPS) is 5.29. The Morgan fingerprint density at radius 1 is 1.71 bits per heavy atom. The third kappa shape index (κ3) is 38.0. The van der Waals surface area contributed by atoms with E-state index in [0.717, 1.165) is 6.92 Å². The molecule has 0 aliphatic carbocycles. The molecule has 0 aliphatic rings. The van der Waals surface area contributed by atoms with Crippen LogP contribution in [0.5, 0.6) is 0 Å². The maximum absolute atomic E-state index is 8.89. The van der Waals surface area contributed by atoms with Crippen LogP contribution in [-0.4, -0.2) is 12.4 Å². The molecule has 0 amide bonds. The molecule has 0 spiro atoms. The molecule has 7 heavy (non-hydrogen) atoms. The second-order valence-electron chi connectivity index (χ2n) is 0.588. The zero-order chi connectivity index (χ0) is 6.28. The van der Waals surface area contributed by atoms with Crippen molar-refractivity contribution in [2.24, 2.45) is 0 Å². The number of aliphatic carboxylic acids is 1. The Kier molecular flexibility index (Phi) is 11.8. The lowest BCUT2D eigenvalue weighted by atomic mass is 10.9. The summed E-state index contributed by atoms with van der Waals surface area (Å²) < 4.78 is 0. The van der Waals surface area contributed by atoms with Crippen molar-refractivity contribution in [1.82, 2.24) is 0 Å². The van der Waals surface area contributed by atoms with Gasteiger partial charge in [0.2, 0.25) is 0 Å². The summed E-state index contributed by atoms with van der Waals surface area (Å²) in [6.07, 6.45) is 0. The zero-order valence-electron chi connectivity index (χ0n) is 3.71. The van der Waals surface area contributed by atoms with Crippen LogP contribution < -0.4 is 10.2 Å². The van der Waals surface area contributed by atoms with Crippen LogP contribution in [0, 0.1) is 0 Å². The van der Waals surface area contributed by atoms with E-state index in [1.807, 2.05) is 0 Å². The van der Waals surface area contributed by atoms with Gasteiger partial charge in [-0.15, -0.1) is 0 Å². The summed E-state index contributed by atoms with van der Waals surface area (Å²) in [5.41, 5.74) is 0. The third-order valence-corrected chi connectivity index (χ3v) is 0.